The minimum atomic E-state index is -0.769. The van der Waals surface area contributed by atoms with Crippen LogP contribution >= 0.6 is 0 Å². The first kappa shape index (κ1) is 55.1. The molecule has 0 aliphatic heterocycles. The van der Waals surface area contributed by atoms with Crippen molar-refractivity contribution in [1.82, 2.24) is 0 Å². The van der Waals surface area contributed by atoms with Gasteiger partial charge in [0, 0.05) is 12.8 Å². The fraction of sp³-hybridized carbons (Fsp3) is 0.698. The van der Waals surface area contributed by atoms with Crippen LogP contribution in [-0.2, 0) is 19.1 Å². The monoisotopic (exact) mass is 807 g/mol. The van der Waals surface area contributed by atoms with Crippen LogP contribution in [0.15, 0.2) is 85.1 Å². The number of esters is 2. The Morgan fingerprint density at radius 2 is 0.741 bits per heavy atom. The smallest absolute Gasteiger partial charge is 0.306 e. The first-order chi connectivity index (χ1) is 28.6. The zero-order valence-electron chi connectivity index (χ0n) is 37.8. The third-order valence-electron chi connectivity index (χ3n) is 10.2. The van der Waals surface area contributed by atoms with Gasteiger partial charge in [-0.2, -0.15) is 0 Å². The molecule has 0 bridgehead atoms. The van der Waals surface area contributed by atoms with Crippen molar-refractivity contribution in [3.05, 3.63) is 85.1 Å². The second kappa shape index (κ2) is 48.4. The quantitative estimate of drug-likeness (QED) is 0.0377. The molecule has 1 N–H and O–H groups in total. The van der Waals surface area contributed by atoms with E-state index in [1.54, 1.807) is 0 Å². The van der Waals surface area contributed by atoms with Gasteiger partial charge in [-0.05, 0) is 70.6 Å². The van der Waals surface area contributed by atoms with E-state index in [1.807, 2.05) is 0 Å². The first-order valence-corrected chi connectivity index (χ1v) is 24.1. The van der Waals surface area contributed by atoms with E-state index in [0.717, 1.165) is 83.5 Å². The Morgan fingerprint density at radius 3 is 1.12 bits per heavy atom. The topological polar surface area (TPSA) is 72.8 Å². The van der Waals surface area contributed by atoms with Crippen molar-refractivity contribution in [2.45, 2.75) is 225 Å². The molecule has 1 unspecified atom stereocenters. The summed E-state index contributed by atoms with van der Waals surface area (Å²) in [6.07, 6.45) is 67.0. The first-order valence-electron chi connectivity index (χ1n) is 24.1. The van der Waals surface area contributed by atoms with Crippen molar-refractivity contribution in [3.8, 4) is 0 Å². The molecule has 332 valence electrons. The van der Waals surface area contributed by atoms with Crippen LogP contribution in [-0.4, -0.2) is 36.4 Å². The average molecular weight is 807 g/mol. The standard InChI is InChI=1S/C53H90O5/c1-3-5-7-9-11-12-13-14-15-16-17-18-19-20-21-22-23-24-25-26-27-28-29-30-31-32-33-34-35-36-37-38-39-40-42-44-46-48-53(56)58-51(49-54)50-57-52(55)47-45-43-41-10-8-6-4-2/h5,7,11-12,14-15,17-18,20-21,23-24,26-27,51,54H,3-4,6,8-10,13,16,19,22,25,28-50H2,1-2H3/b7-5-,12-11-,15-14-,18-17-,21-20-,24-23-,27-26-. The summed E-state index contributed by atoms with van der Waals surface area (Å²) in [4.78, 5) is 24.1. The maximum atomic E-state index is 12.2. The van der Waals surface area contributed by atoms with Gasteiger partial charge < -0.3 is 14.6 Å². The van der Waals surface area contributed by atoms with Crippen LogP contribution < -0.4 is 0 Å². The number of carbonyl (C=O) groups is 2. The Labute approximate surface area is 358 Å². The molecule has 0 heterocycles. The van der Waals surface area contributed by atoms with Crippen molar-refractivity contribution in [1.29, 1.82) is 0 Å². The summed E-state index contributed by atoms with van der Waals surface area (Å²) in [6, 6.07) is 0. The SMILES string of the molecule is CC/C=C\C/C=C\C/C=C\C/C=C\C/C=C\C/C=C\C/C=C\CCCCCCCCCCCCCCCCCC(=O)OC(CO)COC(=O)CCCCCCCCC. The highest BCUT2D eigenvalue weighted by atomic mass is 16.6. The number of hydrogen-bond acceptors (Lipinski definition) is 5. The molecule has 0 radical (unpaired) electrons. The van der Waals surface area contributed by atoms with Crippen LogP contribution in [0.2, 0.25) is 0 Å². The van der Waals surface area contributed by atoms with E-state index in [9.17, 15) is 14.7 Å². The Bertz CT molecular complexity index is 1090. The normalized spacial score (nSPS) is 12.9. The average Bonchev–Trinajstić information content (AvgIpc) is 3.23. The third kappa shape index (κ3) is 45.8. The maximum Gasteiger partial charge on any atom is 0.306 e. The number of carbonyl (C=O) groups excluding carboxylic acids is 2. The summed E-state index contributed by atoms with van der Waals surface area (Å²) in [6.45, 7) is 3.97. The maximum absolute atomic E-state index is 12.2. The van der Waals surface area contributed by atoms with Crippen molar-refractivity contribution in [2.24, 2.45) is 0 Å². The number of aliphatic hydroxyl groups is 1. The van der Waals surface area contributed by atoms with Gasteiger partial charge >= 0.3 is 11.9 Å². The number of hydrogen-bond donors (Lipinski definition) is 1. The van der Waals surface area contributed by atoms with Crippen LogP contribution in [0.4, 0.5) is 0 Å². The van der Waals surface area contributed by atoms with Crippen LogP contribution in [0.25, 0.3) is 0 Å². The minimum Gasteiger partial charge on any atom is -0.462 e. The van der Waals surface area contributed by atoms with Gasteiger partial charge in [0.05, 0.1) is 6.61 Å². The molecule has 5 heteroatoms. The molecule has 58 heavy (non-hydrogen) atoms. The Morgan fingerprint density at radius 1 is 0.414 bits per heavy atom. The Balaban J connectivity index is 3.47. The summed E-state index contributed by atoms with van der Waals surface area (Å²) >= 11 is 0. The Kier molecular flexibility index (Phi) is 46.0. The lowest BCUT2D eigenvalue weighted by molar-refractivity contribution is -0.161. The molecule has 0 aromatic carbocycles. The zero-order chi connectivity index (χ0) is 42.1. The highest BCUT2D eigenvalue weighted by Crippen LogP contribution is 2.15. The van der Waals surface area contributed by atoms with Crippen molar-refractivity contribution >= 4 is 11.9 Å². The van der Waals surface area contributed by atoms with E-state index >= 15 is 0 Å². The molecule has 0 amide bonds. The Hall–Kier alpha value is -2.92. The molecule has 0 saturated carbocycles. The van der Waals surface area contributed by atoms with Crippen molar-refractivity contribution in [2.75, 3.05) is 13.2 Å². The molecule has 0 aliphatic rings. The summed E-state index contributed by atoms with van der Waals surface area (Å²) < 4.78 is 10.6. The molecule has 0 rings (SSSR count). The lowest BCUT2D eigenvalue weighted by Gasteiger charge is -2.15. The fourth-order valence-corrected chi connectivity index (χ4v) is 6.59. The van der Waals surface area contributed by atoms with Gasteiger partial charge in [0.25, 0.3) is 0 Å². The minimum absolute atomic E-state index is 0.0662. The second-order valence-electron chi connectivity index (χ2n) is 15.8. The largest absolute Gasteiger partial charge is 0.462 e. The summed E-state index contributed by atoms with van der Waals surface area (Å²) in [5.74, 6) is -0.597. The zero-order valence-corrected chi connectivity index (χ0v) is 37.8. The molecule has 0 aromatic heterocycles. The molecule has 5 nitrogen and oxygen atoms in total. The molecule has 1 atom stereocenters. The predicted octanol–water partition coefficient (Wildman–Crippen LogP) is 15.9. The van der Waals surface area contributed by atoms with E-state index in [0.29, 0.717) is 12.8 Å². The number of aliphatic hydroxyl groups excluding tert-OH is 1. The predicted molar refractivity (Wildman–Crippen MR) is 251 cm³/mol. The second-order valence-corrected chi connectivity index (χ2v) is 15.8. The molecule has 0 saturated heterocycles. The molecule has 0 aliphatic carbocycles. The number of allylic oxidation sites excluding steroid dienone is 14. The van der Waals surface area contributed by atoms with Gasteiger partial charge in [-0.1, -0.05) is 221 Å². The van der Waals surface area contributed by atoms with E-state index in [1.165, 1.54) is 109 Å². The van der Waals surface area contributed by atoms with Crippen LogP contribution in [0.1, 0.15) is 219 Å². The summed E-state index contributed by atoms with van der Waals surface area (Å²) in [7, 11) is 0. The van der Waals surface area contributed by atoms with Gasteiger partial charge in [-0.15, -0.1) is 0 Å². The number of unbranched alkanes of at least 4 members (excludes halogenated alkanes) is 21. The lowest BCUT2D eigenvalue weighted by Crippen LogP contribution is -2.28. The van der Waals surface area contributed by atoms with Crippen LogP contribution in [0.3, 0.4) is 0 Å². The van der Waals surface area contributed by atoms with Crippen molar-refractivity contribution in [3.63, 3.8) is 0 Å². The van der Waals surface area contributed by atoms with Gasteiger partial charge in [0.1, 0.15) is 6.61 Å². The van der Waals surface area contributed by atoms with E-state index in [2.05, 4.69) is 98.9 Å². The van der Waals surface area contributed by atoms with E-state index in [4.69, 9.17) is 9.47 Å². The molecule has 0 fully saturated rings. The van der Waals surface area contributed by atoms with Gasteiger partial charge in [0.15, 0.2) is 6.10 Å². The summed E-state index contributed by atoms with van der Waals surface area (Å²) in [5, 5.41) is 9.53. The van der Waals surface area contributed by atoms with Crippen LogP contribution in [0.5, 0.6) is 0 Å². The van der Waals surface area contributed by atoms with Gasteiger partial charge in [-0.3, -0.25) is 9.59 Å². The number of rotatable bonds is 43. The highest BCUT2D eigenvalue weighted by molar-refractivity contribution is 5.70. The lowest BCUT2D eigenvalue weighted by atomic mass is 10.0. The van der Waals surface area contributed by atoms with Gasteiger partial charge in [0.2, 0.25) is 0 Å². The highest BCUT2D eigenvalue weighted by Gasteiger charge is 2.16. The fourth-order valence-electron chi connectivity index (χ4n) is 6.59. The van der Waals surface area contributed by atoms with E-state index < -0.39 is 6.10 Å². The molecule has 0 aromatic rings. The molecular weight excluding hydrogens is 717 g/mol. The van der Waals surface area contributed by atoms with Gasteiger partial charge in [-0.25, -0.2) is 0 Å². The third-order valence-corrected chi connectivity index (χ3v) is 10.2. The van der Waals surface area contributed by atoms with Crippen molar-refractivity contribution < 1.29 is 24.2 Å². The van der Waals surface area contributed by atoms with E-state index in [-0.39, 0.29) is 25.2 Å². The molecular formula is C53H90O5. The number of ether oxygens (including phenoxy) is 2. The summed E-state index contributed by atoms with van der Waals surface area (Å²) in [5.41, 5.74) is 0. The van der Waals surface area contributed by atoms with Crippen LogP contribution in [0, 0.1) is 0 Å². The molecule has 0 spiro atoms.